The Balaban J connectivity index is 1.33. The van der Waals surface area contributed by atoms with Gasteiger partial charge in [-0.15, -0.1) is 22.0 Å². The molecule has 0 unspecified atom stereocenters. The van der Waals surface area contributed by atoms with Gasteiger partial charge in [-0.25, -0.2) is 4.39 Å². The molecule has 1 saturated heterocycles. The summed E-state index contributed by atoms with van der Waals surface area (Å²) in [7, 11) is 0. The summed E-state index contributed by atoms with van der Waals surface area (Å²) >= 11 is 1.32. The third-order valence-electron chi connectivity index (χ3n) is 5.10. The highest BCUT2D eigenvalue weighted by atomic mass is 32.2. The topological polar surface area (TPSA) is 97.1 Å². The summed E-state index contributed by atoms with van der Waals surface area (Å²) in [6, 6.07) is 9.46. The first-order chi connectivity index (χ1) is 16.2. The molecule has 2 heterocycles. The van der Waals surface area contributed by atoms with Crippen LogP contribution in [0.1, 0.15) is 33.5 Å². The van der Waals surface area contributed by atoms with Crippen LogP contribution in [-0.4, -0.2) is 40.4 Å². The second kappa shape index (κ2) is 9.84. The van der Waals surface area contributed by atoms with Crippen LogP contribution in [0, 0.1) is 5.82 Å². The smallest absolute Gasteiger partial charge is 0.412 e. The fourth-order valence-corrected chi connectivity index (χ4v) is 4.54. The fourth-order valence-electron chi connectivity index (χ4n) is 3.32. The van der Waals surface area contributed by atoms with E-state index in [-0.39, 0.29) is 30.3 Å². The Hall–Kier alpha value is -3.41. The number of benzene rings is 2. The van der Waals surface area contributed by atoms with Crippen molar-refractivity contribution in [2.24, 2.45) is 0 Å². The molecular formula is C22H18F4N4O3S. The van der Waals surface area contributed by atoms with Gasteiger partial charge in [-0.2, -0.15) is 13.2 Å². The average molecular weight is 494 g/mol. The summed E-state index contributed by atoms with van der Waals surface area (Å²) in [4.78, 5) is 25.0. The van der Waals surface area contributed by atoms with Crippen LogP contribution in [-0.2, 0) is 11.0 Å². The molecule has 3 aromatic rings. The maximum absolute atomic E-state index is 13.0. The van der Waals surface area contributed by atoms with Crippen LogP contribution in [0.3, 0.4) is 0 Å². The molecule has 1 aliphatic rings. The zero-order valence-corrected chi connectivity index (χ0v) is 18.3. The number of rotatable bonds is 5. The molecule has 0 spiro atoms. The maximum atomic E-state index is 13.0. The molecule has 178 valence electrons. The maximum Gasteiger partial charge on any atom is 0.416 e. The lowest BCUT2D eigenvalue weighted by Gasteiger charge is -2.17. The summed E-state index contributed by atoms with van der Waals surface area (Å²) in [6.45, 7) is 0.0964. The van der Waals surface area contributed by atoms with Crippen LogP contribution in [0.15, 0.2) is 52.9 Å². The lowest BCUT2D eigenvalue weighted by molar-refractivity contribution is -0.137. The summed E-state index contributed by atoms with van der Waals surface area (Å²) in [5, 5.41) is 12.3. The number of alkyl halides is 3. The van der Waals surface area contributed by atoms with Gasteiger partial charge in [0.1, 0.15) is 11.1 Å². The van der Waals surface area contributed by atoms with Crippen molar-refractivity contribution < 1.29 is 31.6 Å². The number of amides is 2. The zero-order valence-electron chi connectivity index (χ0n) is 17.4. The van der Waals surface area contributed by atoms with E-state index in [0.29, 0.717) is 23.3 Å². The van der Waals surface area contributed by atoms with E-state index in [9.17, 15) is 27.2 Å². The third-order valence-corrected chi connectivity index (χ3v) is 6.39. The molecule has 0 radical (unpaired) electrons. The van der Waals surface area contributed by atoms with Gasteiger partial charge in [0.05, 0.1) is 5.56 Å². The van der Waals surface area contributed by atoms with Crippen molar-refractivity contribution in [1.82, 2.24) is 20.8 Å². The molecule has 1 fully saturated rings. The van der Waals surface area contributed by atoms with Crippen LogP contribution in [0.25, 0.3) is 11.5 Å². The van der Waals surface area contributed by atoms with Gasteiger partial charge in [0.2, 0.25) is 11.8 Å². The predicted octanol–water partition coefficient (Wildman–Crippen LogP) is 3.99. The number of hydrogen-bond donors (Lipinski definition) is 2. The molecule has 0 bridgehead atoms. The molecule has 2 aromatic carbocycles. The molecule has 2 N–H and O–H groups in total. The van der Waals surface area contributed by atoms with Crippen molar-refractivity contribution >= 4 is 23.6 Å². The van der Waals surface area contributed by atoms with E-state index in [4.69, 9.17) is 4.42 Å². The molecule has 1 aliphatic heterocycles. The standard InChI is InChI=1S/C22H18F4N4O3S/c23-15-7-3-13(4-8-15)20-29-30-21(33-20)19(32)27-11-16-9-10-34-17(18(31)28-16)12-1-5-14(6-2-12)22(24,25)26/h1-8,16-17H,9-11H2,(H,27,32)(H,28,31)/t16-,17+/m0/s1. The highest BCUT2D eigenvalue weighted by molar-refractivity contribution is 8.00. The summed E-state index contributed by atoms with van der Waals surface area (Å²) in [5.74, 6) is -1.07. The Kier molecular flexibility index (Phi) is 6.87. The van der Waals surface area contributed by atoms with E-state index >= 15 is 0 Å². The Morgan fingerprint density at radius 1 is 1.12 bits per heavy atom. The number of aromatic nitrogens is 2. The van der Waals surface area contributed by atoms with Crippen molar-refractivity contribution in [2.45, 2.75) is 23.9 Å². The van der Waals surface area contributed by atoms with E-state index < -0.39 is 28.7 Å². The Morgan fingerprint density at radius 3 is 2.50 bits per heavy atom. The van der Waals surface area contributed by atoms with E-state index in [1.165, 1.54) is 48.2 Å². The molecular weight excluding hydrogens is 476 g/mol. The van der Waals surface area contributed by atoms with Crippen molar-refractivity contribution in [3.8, 4) is 11.5 Å². The SMILES string of the molecule is O=C(NC[C@@H]1CCS[C@H](c2ccc(C(F)(F)F)cc2)C(=O)N1)c1nnc(-c2ccc(F)cc2)o1. The number of thioether (sulfide) groups is 1. The first kappa shape index (κ1) is 23.7. The second-order valence-corrected chi connectivity index (χ2v) is 8.71. The monoisotopic (exact) mass is 494 g/mol. The first-order valence-electron chi connectivity index (χ1n) is 10.2. The van der Waals surface area contributed by atoms with Gasteiger partial charge < -0.3 is 15.1 Å². The van der Waals surface area contributed by atoms with Crippen molar-refractivity contribution in [2.75, 3.05) is 12.3 Å². The van der Waals surface area contributed by atoms with Crippen LogP contribution >= 0.6 is 11.8 Å². The fraction of sp³-hybridized carbons (Fsp3) is 0.273. The molecule has 4 rings (SSSR count). The first-order valence-corrected chi connectivity index (χ1v) is 11.2. The number of nitrogens with one attached hydrogen (secondary N) is 2. The van der Waals surface area contributed by atoms with Crippen molar-refractivity contribution in [1.29, 1.82) is 0 Å². The number of hydrogen-bond acceptors (Lipinski definition) is 6. The number of carbonyl (C=O) groups excluding carboxylic acids is 2. The predicted molar refractivity (Wildman–Crippen MR) is 115 cm³/mol. The van der Waals surface area contributed by atoms with Gasteiger partial charge in [0, 0.05) is 18.2 Å². The Labute approximate surface area is 195 Å². The number of halogens is 4. The molecule has 2 atom stereocenters. The van der Waals surface area contributed by atoms with Gasteiger partial charge in [0.25, 0.3) is 0 Å². The van der Waals surface area contributed by atoms with Crippen molar-refractivity contribution in [3.05, 3.63) is 71.4 Å². The van der Waals surface area contributed by atoms with Gasteiger partial charge >= 0.3 is 18.0 Å². The Morgan fingerprint density at radius 2 is 1.82 bits per heavy atom. The molecule has 7 nitrogen and oxygen atoms in total. The minimum Gasteiger partial charge on any atom is -0.412 e. The van der Waals surface area contributed by atoms with E-state index in [2.05, 4.69) is 20.8 Å². The summed E-state index contributed by atoms with van der Waals surface area (Å²) in [5.41, 5.74) is 0.147. The third kappa shape index (κ3) is 5.56. The largest absolute Gasteiger partial charge is 0.416 e. The highest BCUT2D eigenvalue weighted by Crippen LogP contribution is 2.35. The van der Waals surface area contributed by atoms with Crippen LogP contribution in [0.5, 0.6) is 0 Å². The molecule has 2 amide bonds. The van der Waals surface area contributed by atoms with Gasteiger partial charge in [0.15, 0.2) is 0 Å². The number of carbonyl (C=O) groups is 2. The van der Waals surface area contributed by atoms with Crippen molar-refractivity contribution in [3.63, 3.8) is 0 Å². The zero-order chi connectivity index (χ0) is 24.3. The lowest BCUT2D eigenvalue weighted by atomic mass is 10.1. The van der Waals surface area contributed by atoms with Gasteiger partial charge in [-0.1, -0.05) is 12.1 Å². The minimum absolute atomic E-state index is 0.0590. The lowest BCUT2D eigenvalue weighted by Crippen LogP contribution is -2.43. The normalized spacial score (nSPS) is 18.8. The van der Waals surface area contributed by atoms with Crippen LogP contribution < -0.4 is 10.6 Å². The van der Waals surface area contributed by atoms with E-state index in [1.54, 1.807) is 0 Å². The summed E-state index contributed by atoms with van der Waals surface area (Å²) < 4.78 is 56.7. The summed E-state index contributed by atoms with van der Waals surface area (Å²) in [6.07, 6.45) is -3.91. The van der Waals surface area contributed by atoms with Crippen LogP contribution in [0.4, 0.5) is 17.6 Å². The molecule has 12 heteroatoms. The molecule has 0 saturated carbocycles. The average Bonchev–Trinajstić information content (AvgIpc) is 3.22. The van der Waals surface area contributed by atoms with Gasteiger partial charge in [-0.3, -0.25) is 9.59 Å². The minimum atomic E-state index is -4.45. The quantitative estimate of drug-likeness (QED) is 0.521. The number of nitrogens with zero attached hydrogens (tertiary/aromatic N) is 2. The molecule has 34 heavy (non-hydrogen) atoms. The Bertz CT molecular complexity index is 1170. The van der Waals surface area contributed by atoms with E-state index in [1.807, 2.05) is 0 Å². The second-order valence-electron chi connectivity index (χ2n) is 7.49. The molecule has 0 aliphatic carbocycles. The van der Waals surface area contributed by atoms with Crippen LogP contribution in [0.2, 0.25) is 0 Å². The molecule has 1 aromatic heterocycles. The van der Waals surface area contributed by atoms with E-state index in [0.717, 1.165) is 12.1 Å². The highest BCUT2D eigenvalue weighted by Gasteiger charge is 2.32. The van der Waals surface area contributed by atoms with Gasteiger partial charge in [-0.05, 0) is 54.1 Å².